The molecule has 0 saturated heterocycles. The zero-order valence-corrected chi connectivity index (χ0v) is 21.9. The maximum Gasteiger partial charge on any atom is 0.255 e. The number of halogens is 1. The lowest BCUT2D eigenvalue weighted by Crippen LogP contribution is -2.58. The van der Waals surface area contributed by atoms with Crippen LogP contribution >= 0.6 is 11.3 Å². The van der Waals surface area contributed by atoms with Gasteiger partial charge in [0.05, 0.1) is 14.9 Å². The first-order valence-corrected chi connectivity index (χ1v) is 12.4. The lowest BCUT2D eigenvalue weighted by Gasteiger charge is -2.26. The van der Waals surface area contributed by atoms with Crippen LogP contribution in [0, 0.1) is 17.2 Å². The first-order valence-electron chi connectivity index (χ1n) is 10.4. The fourth-order valence-electron chi connectivity index (χ4n) is 3.17. The van der Waals surface area contributed by atoms with Gasteiger partial charge in [0, 0.05) is 24.2 Å². The zero-order chi connectivity index (χ0) is 25.4. The second-order valence-corrected chi connectivity index (χ2v) is 12.0. The van der Waals surface area contributed by atoms with Crippen LogP contribution in [0.5, 0.6) is 0 Å². The van der Waals surface area contributed by atoms with Gasteiger partial charge in [-0.1, -0.05) is 58.9 Å². The Kier molecular flexibility index (Phi) is 7.95. The molecule has 0 radical (unpaired) electrons. The molecule has 0 aliphatic rings. The summed E-state index contributed by atoms with van der Waals surface area (Å²) in [6.45, 7) is 15.2. The number of benzene rings is 2. The van der Waals surface area contributed by atoms with Gasteiger partial charge in [-0.25, -0.2) is 0 Å². The fourth-order valence-corrected chi connectivity index (χ4v) is 4.16. The molecule has 0 bridgehead atoms. The van der Waals surface area contributed by atoms with E-state index in [2.05, 4.69) is 83.6 Å². The molecule has 180 valence electrons. The molecular formula is C24H32ClN2O5S+. The van der Waals surface area contributed by atoms with E-state index in [4.69, 9.17) is 18.6 Å². The van der Waals surface area contributed by atoms with Crippen LogP contribution in [0.2, 0.25) is 0 Å². The van der Waals surface area contributed by atoms with Crippen LogP contribution in [0.15, 0.2) is 36.4 Å². The molecule has 9 heteroatoms. The number of amides is 1. The van der Waals surface area contributed by atoms with Crippen molar-refractivity contribution in [3.63, 3.8) is 0 Å². The number of fused-ring (bicyclic) bond motifs is 1. The number of carbonyl (C=O) groups is 1. The molecule has 3 rings (SSSR count). The summed E-state index contributed by atoms with van der Waals surface area (Å²) in [7, 11) is -2.64. The average Bonchev–Trinajstić information content (AvgIpc) is 2.92. The molecule has 0 spiro atoms. The molecule has 1 aromatic heterocycles. The first kappa shape index (κ1) is 27.2. The lowest BCUT2D eigenvalue weighted by molar-refractivity contribution is -1.92. The van der Waals surface area contributed by atoms with E-state index in [-0.39, 0.29) is 16.7 Å². The van der Waals surface area contributed by atoms with Gasteiger partial charge < -0.3 is 5.32 Å². The summed E-state index contributed by atoms with van der Waals surface area (Å²) >= 11 is 1.76. The minimum Gasteiger partial charge on any atom is -0.322 e. The highest BCUT2D eigenvalue weighted by molar-refractivity contribution is 7.18. The van der Waals surface area contributed by atoms with E-state index in [1.54, 1.807) is 11.3 Å². The maximum absolute atomic E-state index is 13.1. The van der Waals surface area contributed by atoms with Gasteiger partial charge in [0.25, 0.3) is 5.91 Å². The van der Waals surface area contributed by atoms with E-state index >= 15 is 0 Å². The quantitative estimate of drug-likeness (QED) is 0.524. The topological polar surface area (TPSA) is 122 Å². The smallest absolute Gasteiger partial charge is 0.255 e. The average molecular weight is 496 g/mol. The minimum atomic E-state index is -4.69. The molecule has 3 aromatic rings. The molecular weight excluding hydrogens is 464 g/mol. The van der Waals surface area contributed by atoms with Crippen molar-refractivity contribution < 1.29 is 38.2 Å². The van der Waals surface area contributed by atoms with Crippen LogP contribution in [-0.4, -0.2) is 10.6 Å². The maximum atomic E-state index is 13.1. The Morgan fingerprint density at radius 3 is 1.91 bits per heavy atom. The highest BCUT2D eigenvalue weighted by atomic mass is 35.7. The van der Waals surface area contributed by atoms with Crippen molar-refractivity contribution in [2.75, 3.05) is 5.32 Å². The van der Waals surface area contributed by atoms with Crippen LogP contribution in [0.25, 0.3) is 10.2 Å². The summed E-state index contributed by atoms with van der Waals surface area (Å²) in [6.07, 6.45) is 0. The van der Waals surface area contributed by atoms with E-state index in [0.29, 0.717) is 5.56 Å². The summed E-state index contributed by atoms with van der Waals surface area (Å²) in [6, 6.07) is 12.4. The van der Waals surface area contributed by atoms with Crippen LogP contribution in [0.4, 0.5) is 5.69 Å². The van der Waals surface area contributed by atoms with Crippen molar-refractivity contribution in [2.24, 2.45) is 7.05 Å². The predicted molar refractivity (Wildman–Crippen MR) is 122 cm³/mol. The number of aryl methyl sites for hydroxylation is 2. The highest BCUT2D eigenvalue weighted by Crippen LogP contribution is 2.31. The van der Waals surface area contributed by atoms with Crippen molar-refractivity contribution in [1.29, 1.82) is 0 Å². The Hall–Kier alpha value is -2.07. The van der Waals surface area contributed by atoms with E-state index in [1.807, 2.05) is 18.2 Å². The zero-order valence-electron chi connectivity index (χ0n) is 20.3. The Balaban J connectivity index is 0.000000696. The summed E-state index contributed by atoms with van der Waals surface area (Å²) < 4.78 is 36.1. The molecule has 2 aromatic carbocycles. The van der Waals surface area contributed by atoms with Gasteiger partial charge in [0.1, 0.15) is 11.7 Å². The summed E-state index contributed by atoms with van der Waals surface area (Å²) in [5, 5.41) is 4.34. The number of rotatable bonds is 2. The molecule has 1 heterocycles. The third-order valence-electron chi connectivity index (χ3n) is 5.24. The number of nitrogens with one attached hydrogen (secondary N) is 1. The van der Waals surface area contributed by atoms with Gasteiger partial charge in [-0.05, 0) is 46.2 Å². The van der Waals surface area contributed by atoms with Gasteiger partial charge in [0.15, 0.2) is 0 Å². The van der Waals surface area contributed by atoms with Crippen molar-refractivity contribution >= 4 is 33.1 Å². The number of nitrogens with zero attached hydrogens (tertiary/aromatic N) is 1. The normalized spacial score (nSPS) is 12.4. The number of carbonyl (C=O) groups excluding carboxylic acids is 1. The molecule has 0 atom stereocenters. The van der Waals surface area contributed by atoms with E-state index < -0.39 is 10.2 Å². The van der Waals surface area contributed by atoms with Crippen LogP contribution in [0.3, 0.4) is 0 Å². The summed E-state index contributed by atoms with van der Waals surface area (Å²) in [5.74, 6) is -0.0643. The standard InChI is InChI=1S/C24H30N2OS.ClHO4/c1-15-26(8)20-14-19(9-10-21(20)28-15)25-22(27)16-11-17(23(2,3)4)13-18(12-16)24(5,6)7;2-1(3,4)5/h9-14H,1-8H3;(H,2,3,4,5)/p+1. The second kappa shape index (κ2) is 9.66. The number of hydrogen-bond acceptors (Lipinski definition) is 6. The monoisotopic (exact) mass is 495 g/mol. The van der Waals surface area contributed by atoms with Crippen molar-refractivity contribution in [2.45, 2.75) is 59.3 Å². The van der Waals surface area contributed by atoms with E-state index in [0.717, 1.165) is 11.2 Å². The summed E-state index contributed by atoms with van der Waals surface area (Å²) in [5.41, 5.74) is 5.00. The minimum absolute atomic E-state index is 0.0167. The summed E-state index contributed by atoms with van der Waals surface area (Å²) in [4.78, 5) is 13.1. The Labute approximate surface area is 201 Å². The Morgan fingerprint density at radius 2 is 1.45 bits per heavy atom. The van der Waals surface area contributed by atoms with Crippen molar-refractivity contribution in [1.82, 2.24) is 0 Å². The molecule has 0 fully saturated rings. The molecule has 2 N–H and O–H groups in total. The van der Waals surface area contributed by atoms with Gasteiger partial charge >= 0.3 is 0 Å². The van der Waals surface area contributed by atoms with Gasteiger partial charge in [0.2, 0.25) is 10.5 Å². The van der Waals surface area contributed by atoms with E-state index in [1.165, 1.54) is 20.8 Å². The number of hydrogen-bond donors (Lipinski definition) is 2. The number of aromatic nitrogens is 1. The van der Waals surface area contributed by atoms with E-state index in [9.17, 15) is 4.79 Å². The Bertz CT molecular complexity index is 1120. The third-order valence-corrected chi connectivity index (χ3v) is 6.37. The Morgan fingerprint density at radius 1 is 0.970 bits per heavy atom. The van der Waals surface area contributed by atoms with Gasteiger partial charge in [-0.3, -0.25) is 4.79 Å². The first-order chi connectivity index (χ1) is 14.9. The molecule has 0 saturated carbocycles. The molecule has 1 amide bonds. The third kappa shape index (κ3) is 7.74. The van der Waals surface area contributed by atoms with Crippen LogP contribution < -0.4 is 23.9 Å². The highest BCUT2D eigenvalue weighted by Gasteiger charge is 2.22. The molecule has 0 unspecified atom stereocenters. The molecule has 0 aliphatic heterocycles. The molecule has 33 heavy (non-hydrogen) atoms. The van der Waals surface area contributed by atoms with Gasteiger partial charge in [-0.2, -0.15) is 18.5 Å². The van der Waals surface area contributed by atoms with Gasteiger partial charge in [-0.15, -0.1) is 0 Å². The number of thiazole rings is 1. The predicted octanol–water partition coefficient (Wildman–Crippen LogP) is 1.76. The SMILES string of the molecule is Cc1sc2ccc(NC(=O)c3cc(C(C)(C)C)cc(C(C)(C)C)c3)cc2[n+]1C.[O-][Cl+3]([O-])([O-])O. The molecule has 7 nitrogen and oxygen atoms in total. The molecule has 0 aliphatic carbocycles. The van der Waals surface area contributed by atoms with Crippen LogP contribution in [0.1, 0.15) is 68.0 Å². The van der Waals surface area contributed by atoms with Crippen molar-refractivity contribution in [3.8, 4) is 0 Å². The van der Waals surface area contributed by atoms with Crippen molar-refractivity contribution in [3.05, 3.63) is 58.1 Å². The lowest BCUT2D eigenvalue weighted by atomic mass is 9.79. The largest absolute Gasteiger partial charge is 0.322 e. The number of anilines is 1. The fraction of sp³-hybridized carbons (Fsp3) is 0.417. The second-order valence-electron chi connectivity index (χ2n) is 10.0. The van der Waals surface area contributed by atoms with Crippen LogP contribution in [-0.2, 0) is 17.9 Å².